The number of benzene rings is 2. The molecule has 1 amide bonds. The fourth-order valence-corrected chi connectivity index (χ4v) is 3.63. The molecule has 0 saturated heterocycles. The van der Waals surface area contributed by atoms with Gasteiger partial charge in [-0.3, -0.25) is 9.10 Å². The van der Waals surface area contributed by atoms with Gasteiger partial charge in [0, 0.05) is 0 Å². The number of hydrogen-bond acceptors (Lipinski definition) is 3. The van der Waals surface area contributed by atoms with Crippen molar-refractivity contribution in [2.24, 2.45) is 0 Å². The highest BCUT2D eigenvalue weighted by Gasteiger charge is 2.33. The molecule has 0 saturated carbocycles. The van der Waals surface area contributed by atoms with Crippen molar-refractivity contribution >= 4 is 33.2 Å². The topological polar surface area (TPSA) is 66.5 Å². The fourth-order valence-electron chi connectivity index (χ4n) is 2.50. The first-order valence-corrected chi connectivity index (χ1v) is 10.3. The second-order valence-electron chi connectivity index (χ2n) is 6.13. The number of carbonyl (C=O) groups excluding carboxylic acids is 1. The Kier molecular flexibility index (Phi) is 6.61. The quantitative estimate of drug-likeness (QED) is 0.747. The predicted molar refractivity (Wildman–Crippen MR) is 102 cm³/mol. The number of amides is 1. The van der Waals surface area contributed by atoms with Crippen LogP contribution in [0.1, 0.15) is 24.1 Å². The molecule has 2 aromatic carbocycles. The first-order chi connectivity index (χ1) is 12.9. The van der Waals surface area contributed by atoms with E-state index in [0.29, 0.717) is 10.4 Å². The predicted octanol–water partition coefficient (Wildman–Crippen LogP) is 4.00. The summed E-state index contributed by atoms with van der Waals surface area (Å²) in [6.45, 7) is 0.992. The normalized spacial score (nSPS) is 13.1. The number of hydrogen-bond donors (Lipinski definition) is 1. The molecule has 0 aliphatic heterocycles. The third-order valence-electron chi connectivity index (χ3n) is 3.91. The number of anilines is 1. The number of carbonyl (C=O) groups is 1. The Balaban J connectivity index is 2.30. The van der Waals surface area contributed by atoms with Gasteiger partial charge in [-0.2, -0.15) is 13.2 Å². The van der Waals surface area contributed by atoms with Crippen molar-refractivity contribution in [1.29, 1.82) is 0 Å². The Labute approximate surface area is 166 Å². The van der Waals surface area contributed by atoms with Crippen molar-refractivity contribution in [2.45, 2.75) is 19.1 Å². The van der Waals surface area contributed by atoms with E-state index < -0.39 is 45.9 Å². The van der Waals surface area contributed by atoms with Crippen molar-refractivity contribution in [2.75, 3.05) is 17.1 Å². The van der Waals surface area contributed by atoms with Crippen molar-refractivity contribution in [1.82, 2.24) is 5.32 Å². The van der Waals surface area contributed by atoms with Gasteiger partial charge in [0.05, 0.1) is 28.6 Å². The van der Waals surface area contributed by atoms with E-state index in [4.69, 9.17) is 11.6 Å². The van der Waals surface area contributed by atoms with Crippen LogP contribution in [0.15, 0.2) is 48.5 Å². The number of nitrogens with one attached hydrogen (secondary N) is 1. The molecule has 0 aliphatic carbocycles. The molecular weight excluding hydrogens is 417 g/mol. The molecule has 152 valence electrons. The van der Waals surface area contributed by atoms with Crippen LogP contribution < -0.4 is 9.62 Å². The van der Waals surface area contributed by atoms with E-state index in [1.807, 2.05) is 0 Å². The minimum Gasteiger partial charge on any atom is -0.348 e. The van der Waals surface area contributed by atoms with Gasteiger partial charge in [0.25, 0.3) is 0 Å². The Hall–Kier alpha value is -2.26. The monoisotopic (exact) mass is 434 g/mol. The summed E-state index contributed by atoms with van der Waals surface area (Å²) in [5.41, 5.74) is -0.695. The third-order valence-corrected chi connectivity index (χ3v) is 5.35. The Morgan fingerprint density at radius 1 is 1.18 bits per heavy atom. The van der Waals surface area contributed by atoms with Crippen LogP contribution >= 0.6 is 11.6 Å². The summed E-state index contributed by atoms with van der Waals surface area (Å²) in [6.07, 6.45) is -3.90. The Morgan fingerprint density at radius 3 is 2.32 bits per heavy atom. The maximum absolute atomic E-state index is 13.0. The van der Waals surface area contributed by atoms with Crippen LogP contribution in [0.3, 0.4) is 0 Å². The molecule has 1 N–H and O–H groups in total. The summed E-state index contributed by atoms with van der Waals surface area (Å²) in [5, 5.41) is 2.40. The molecule has 2 aromatic rings. The van der Waals surface area contributed by atoms with Gasteiger partial charge in [0.1, 0.15) is 6.54 Å². The number of alkyl halides is 3. The van der Waals surface area contributed by atoms with Gasteiger partial charge >= 0.3 is 6.18 Å². The summed E-state index contributed by atoms with van der Waals surface area (Å²) in [6, 6.07) is 10.8. The molecule has 0 aromatic heterocycles. The van der Waals surface area contributed by atoms with E-state index in [0.717, 1.165) is 24.0 Å². The SMILES string of the molecule is C[C@H](NC(=O)CN(c1cc(C(F)(F)F)ccc1Cl)S(C)(=O)=O)c1ccccc1. The summed E-state index contributed by atoms with van der Waals surface area (Å²) in [7, 11) is -4.08. The minimum absolute atomic E-state index is 0.220. The van der Waals surface area contributed by atoms with Gasteiger partial charge in [0.2, 0.25) is 15.9 Å². The number of rotatable bonds is 6. The number of sulfonamides is 1. The summed E-state index contributed by atoms with van der Waals surface area (Å²) < 4.78 is 63.8. The van der Waals surface area contributed by atoms with Crippen LogP contribution in [-0.2, 0) is 21.0 Å². The molecule has 5 nitrogen and oxygen atoms in total. The van der Waals surface area contributed by atoms with E-state index in [9.17, 15) is 26.4 Å². The lowest BCUT2D eigenvalue weighted by Gasteiger charge is -2.25. The molecule has 0 radical (unpaired) electrons. The minimum atomic E-state index is -4.69. The second kappa shape index (κ2) is 8.40. The van der Waals surface area contributed by atoms with Crippen LogP contribution in [0.4, 0.5) is 18.9 Å². The molecule has 0 aliphatic rings. The van der Waals surface area contributed by atoms with Gasteiger partial charge in [-0.15, -0.1) is 0 Å². The average Bonchev–Trinajstić information content (AvgIpc) is 2.59. The molecule has 0 spiro atoms. The van der Waals surface area contributed by atoms with Crippen LogP contribution in [0, 0.1) is 0 Å². The van der Waals surface area contributed by atoms with Gasteiger partial charge < -0.3 is 5.32 Å². The molecule has 28 heavy (non-hydrogen) atoms. The van der Waals surface area contributed by atoms with Crippen molar-refractivity contribution < 1.29 is 26.4 Å². The highest BCUT2D eigenvalue weighted by Crippen LogP contribution is 2.36. The Morgan fingerprint density at radius 2 is 1.79 bits per heavy atom. The number of nitrogens with zero attached hydrogens (tertiary/aromatic N) is 1. The zero-order chi connectivity index (χ0) is 21.1. The highest BCUT2D eigenvalue weighted by molar-refractivity contribution is 7.92. The summed E-state index contributed by atoms with van der Waals surface area (Å²) in [4.78, 5) is 12.4. The van der Waals surface area contributed by atoms with E-state index >= 15 is 0 Å². The van der Waals surface area contributed by atoms with E-state index in [2.05, 4.69) is 5.32 Å². The van der Waals surface area contributed by atoms with Gasteiger partial charge in [-0.05, 0) is 30.7 Å². The molecule has 0 bridgehead atoms. The zero-order valence-electron chi connectivity index (χ0n) is 15.0. The molecule has 1 atom stereocenters. The van der Waals surface area contributed by atoms with Crippen molar-refractivity contribution in [3.63, 3.8) is 0 Å². The number of halogens is 4. The molecule has 0 fully saturated rings. The highest BCUT2D eigenvalue weighted by atomic mass is 35.5. The van der Waals surface area contributed by atoms with E-state index in [1.165, 1.54) is 0 Å². The standard InChI is InChI=1S/C18H18ClF3N2O3S/c1-12(13-6-4-3-5-7-13)23-17(25)11-24(28(2,26)27)16-10-14(18(20,21)22)8-9-15(16)19/h3-10,12H,11H2,1-2H3,(H,23,25)/t12-/m0/s1. The van der Waals surface area contributed by atoms with Crippen LogP contribution in [-0.4, -0.2) is 27.1 Å². The molecule has 0 unspecified atom stereocenters. The summed E-state index contributed by atoms with van der Waals surface area (Å²) in [5.74, 6) is -0.685. The smallest absolute Gasteiger partial charge is 0.348 e. The van der Waals surface area contributed by atoms with Crippen LogP contribution in [0.25, 0.3) is 0 Å². The lowest BCUT2D eigenvalue weighted by molar-refractivity contribution is -0.137. The Bertz CT molecular complexity index is 950. The van der Waals surface area contributed by atoms with Crippen molar-refractivity contribution in [3.8, 4) is 0 Å². The molecule has 0 heterocycles. The maximum Gasteiger partial charge on any atom is 0.416 e. The molecular formula is C18H18ClF3N2O3S. The summed E-state index contributed by atoms with van der Waals surface area (Å²) >= 11 is 5.93. The van der Waals surface area contributed by atoms with Crippen LogP contribution in [0.2, 0.25) is 5.02 Å². The largest absolute Gasteiger partial charge is 0.416 e. The van der Waals surface area contributed by atoms with Gasteiger partial charge in [-0.25, -0.2) is 8.42 Å². The average molecular weight is 435 g/mol. The maximum atomic E-state index is 13.0. The first kappa shape index (κ1) is 22.0. The third kappa shape index (κ3) is 5.62. The van der Waals surface area contributed by atoms with Gasteiger partial charge in [-0.1, -0.05) is 41.9 Å². The lowest BCUT2D eigenvalue weighted by Crippen LogP contribution is -2.41. The van der Waals surface area contributed by atoms with Crippen molar-refractivity contribution in [3.05, 3.63) is 64.7 Å². The first-order valence-electron chi connectivity index (χ1n) is 8.08. The van der Waals surface area contributed by atoms with E-state index in [-0.39, 0.29) is 5.02 Å². The van der Waals surface area contributed by atoms with Crippen LogP contribution in [0.5, 0.6) is 0 Å². The van der Waals surface area contributed by atoms with E-state index in [1.54, 1.807) is 37.3 Å². The van der Waals surface area contributed by atoms with Gasteiger partial charge in [0.15, 0.2) is 0 Å². The zero-order valence-corrected chi connectivity index (χ0v) is 16.6. The fraction of sp³-hybridized carbons (Fsp3) is 0.278. The lowest BCUT2D eigenvalue weighted by atomic mass is 10.1. The molecule has 2 rings (SSSR count). The molecule has 10 heteroatoms. The second-order valence-corrected chi connectivity index (χ2v) is 8.45.